The number of ether oxygens (including phenoxy) is 1. The Morgan fingerprint density at radius 3 is 2.44 bits per heavy atom. The van der Waals surface area contributed by atoms with Crippen LogP contribution in [0.3, 0.4) is 0 Å². The summed E-state index contributed by atoms with van der Waals surface area (Å²) in [5, 5.41) is 10.8. The summed E-state index contributed by atoms with van der Waals surface area (Å²) < 4.78 is 78.2. The molecule has 12 heteroatoms. The maximum atomic E-state index is 13.6. The Bertz CT molecular complexity index is 1210. The molecule has 1 heterocycles. The SMILES string of the molecule is CNCCOc1cccc2c1ccn2S(=O)(=O)c1cc(F)ccc1C.O=C(O)C(F)(F)F. The van der Waals surface area contributed by atoms with E-state index >= 15 is 0 Å². The normalized spacial score (nSPS) is 11.7. The summed E-state index contributed by atoms with van der Waals surface area (Å²) in [6.45, 7) is 2.79. The monoisotopic (exact) mass is 476 g/mol. The third-order valence-corrected chi connectivity index (χ3v) is 6.03. The number of fused-ring (bicyclic) bond motifs is 1. The molecule has 0 radical (unpaired) electrons. The lowest BCUT2D eigenvalue weighted by Crippen LogP contribution is -2.21. The van der Waals surface area contributed by atoms with Gasteiger partial charge in [-0.2, -0.15) is 13.2 Å². The Kier molecular flexibility index (Phi) is 7.86. The minimum atomic E-state index is -5.08. The summed E-state index contributed by atoms with van der Waals surface area (Å²) in [4.78, 5) is 8.85. The molecule has 174 valence electrons. The Labute approximate surface area is 181 Å². The molecular weight excluding hydrogens is 456 g/mol. The summed E-state index contributed by atoms with van der Waals surface area (Å²) in [6, 6.07) is 10.7. The second-order valence-electron chi connectivity index (χ2n) is 6.47. The number of aryl methyl sites for hydroxylation is 1. The number of aromatic nitrogens is 1. The highest BCUT2D eigenvalue weighted by atomic mass is 32.2. The molecule has 0 aliphatic heterocycles. The number of hydrogen-bond acceptors (Lipinski definition) is 5. The van der Waals surface area contributed by atoms with Crippen LogP contribution in [0.1, 0.15) is 5.56 Å². The van der Waals surface area contributed by atoms with Crippen molar-refractivity contribution < 1.29 is 40.6 Å². The number of alkyl halides is 3. The molecule has 2 aromatic carbocycles. The number of halogens is 4. The zero-order chi connectivity index (χ0) is 24.1. The van der Waals surface area contributed by atoms with Gasteiger partial charge in [0.25, 0.3) is 10.0 Å². The van der Waals surface area contributed by atoms with Crippen LogP contribution in [0.5, 0.6) is 5.75 Å². The topological polar surface area (TPSA) is 97.6 Å². The smallest absolute Gasteiger partial charge is 0.490 e. The summed E-state index contributed by atoms with van der Waals surface area (Å²) in [6.07, 6.45) is -3.62. The first-order valence-corrected chi connectivity index (χ1v) is 10.5. The second-order valence-corrected chi connectivity index (χ2v) is 8.25. The van der Waals surface area contributed by atoms with Crippen LogP contribution in [0.2, 0.25) is 0 Å². The highest BCUT2D eigenvalue weighted by molar-refractivity contribution is 7.90. The maximum absolute atomic E-state index is 13.6. The van der Waals surface area contributed by atoms with Crippen molar-refractivity contribution >= 4 is 26.9 Å². The third kappa shape index (κ3) is 5.77. The summed E-state index contributed by atoms with van der Waals surface area (Å²) in [7, 11) is -2.08. The predicted octanol–water partition coefficient (Wildman–Crippen LogP) is 3.56. The largest absolute Gasteiger partial charge is 0.492 e. The van der Waals surface area contributed by atoms with E-state index < -0.39 is 28.0 Å². The van der Waals surface area contributed by atoms with Gasteiger partial charge in [-0.1, -0.05) is 12.1 Å². The van der Waals surface area contributed by atoms with Crippen molar-refractivity contribution in [3.05, 3.63) is 60.0 Å². The average Bonchev–Trinajstić information content (AvgIpc) is 3.15. The van der Waals surface area contributed by atoms with Crippen LogP contribution >= 0.6 is 0 Å². The lowest BCUT2D eigenvalue weighted by Gasteiger charge is -2.11. The molecule has 3 aromatic rings. The number of rotatable bonds is 6. The molecule has 0 saturated heterocycles. The molecule has 1 aromatic heterocycles. The van der Waals surface area contributed by atoms with Gasteiger partial charge in [-0.15, -0.1) is 0 Å². The number of aliphatic carboxylic acids is 1. The summed E-state index contributed by atoms with van der Waals surface area (Å²) in [5.74, 6) is -2.73. The van der Waals surface area contributed by atoms with Crippen LogP contribution in [0.4, 0.5) is 17.6 Å². The zero-order valence-electron chi connectivity index (χ0n) is 17.0. The number of benzene rings is 2. The van der Waals surface area contributed by atoms with E-state index in [4.69, 9.17) is 14.6 Å². The Hall–Kier alpha value is -3.12. The van der Waals surface area contributed by atoms with Crippen LogP contribution in [0, 0.1) is 12.7 Å². The molecule has 7 nitrogen and oxygen atoms in total. The van der Waals surface area contributed by atoms with Crippen molar-refractivity contribution in [2.75, 3.05) is 20.2 Å². The zero-order valence-corrected chi connectivity index (χ0v) is 17.8. The minimum absolute atomic E-state index is 0.0495. The first-order valence-electron chi connectivity index (χ1n) is 9.09. The van der Waals surface area contributed by atoms with E-state index in [-0.39, 0.29) is 4.90 Å². The molecule has 0 unspecified atom stereocenters. The number of likely N-dealkylation sites (N-methyl/N-ethyl adjacent to an activating group) is 1. The van der Waals surface area contributed by atoms with E-state index in [1.165, 1.54) is 18.3 Å². The fourth-order valence-corrected chi connectivity index (χ4v) is 4.26. The molecule has 0 atom stereocenters. The first-order chi connectivity index (χ1) is 14.9. The van der Waals surface area contributed by atoms with Gasteiger partial charge in [0.2, 0.25) is 0 Å². The van der Waals surface area contributed by atoms with E-state index in [9.17, 15) is 26.0 Å². The molecule has 0 aliphatic rings. The average molecular weight is 476 g/mol. The Morgan fingerprint density at radius 1 is 1.19 bits per heavy atom. The van der Waals surface area contributed by atoms with Gasteiger partial charge >= 0.3 is 12.1 Å². The fourth-order valence-electron chi connectivity index (χ4n) is 2.67. The minimum Gasteiger partial charge on any atom is -0.492 e. The van der Waals surface area contributed by atoms with Crippen molar-refractivity contribution in [1.29, 1.82) is 0 Å². The number of carboxylic acids is 1. The molecule has 2 N–H and O–H groups in total. The van der Waals surface area contributed by atoms with Crippen LogP contribution < -0.4 is 10.1 Å². The number of nitrogens with zero attached hydrogens (tertiary/aromatic N) is 1. The maximum Gasteiger partial charge on any atom is 0.490 e. The summed E-state index contributed by atoms with van der Waals surface area (Å²) >= 11 is 0. The first kappa shape index (κ1) is 25.1. The van der Waals surface area contributed by atoms with Gasteiger partial charge in [0.1, 0.15) is 18.2 Å². The number of nitrogens with one attached hydrogen (secondary N) is 1. The number of carbonyl (C=O) groups is 1. The molecule has 0 amide bonds. The molecule has 0 spiro atoms. The molecule has 32 heavy (non-hydrogen) atoms. The van der Waals surface area contributed by atoms with Crippen LogP contribution in [0.25, 0.3) is 10.9 Å². The van der Waals surface area contributed by atoms with Gasteiger partial charge in [0.05, 0.1) is 10.4 Å². The van der Waals surface area contributed by atoms with Gasteiger partial charge < -0.3 is 15.2 Å². The van der Waals surface area contributed by atoms with Crippen LogP contribution in [-0.2, 0) is 14.8 Å². The standard InChI is InChI=1S/C18H19FN2O3S.C2HF3O2/c1-13-6-7-14(19)12-18(13)25(22,23)21-10-8-15-16(21)4-3-5-17(15)24-11-9-20-2;3-2(4,5)1(6)7/h3-8,10,12,20H,9,11H2,1-2H3;(H,6,7). The fraction of sp³-hybridized carbons (Fsp3) is 0.250. The lowest BCUT2D eigenvalue weighted by atomic mass is 10.2. The predicted molar refractivity (Wildman–Crippen MR) is 109 cm³/mol. The Balaban J connectivity index is 0.000000451. The van der Waals surface area contributed by atoms with Gasteiger partial charge in [0, 0.05) is 18.1 Å². The lowest BCUT2D eigenvalue weighted by molar-refractivity contribution is -0.192. The van der Waals surface area contributed by atoms with E-state index in [1.807, 2.05) is 7.05 Å². The van der Waals surface area contributed by atoms with E-state index in [2.05, 4.69) is 5.32 Å². The van der Waals surface area contributed by atoms with Gasteiger partial charge in [-0.3, -0.25) is 0 Å². The van der Waals surface area contributed by atoms with Crippen LogP contribution in [-0.4, -0.2) is 49.8 Å². The van der Waals surface area contributed by atoms with Crippen molar-refractivity contribution in [2.45, 2.75) is 18.0 Å². The van der Waals surface area contributed by atoms with Crippen molar-refractivity contribution in [3.63, 3.8) is 0 Å². The number of hydrogen-bond donors (Lipinski definition) is 2. The molecular formula is C20H20F4N2O5S. The van der Waals surface area contributed by atoms with Gasteiger partial charge in [0.15, 0.2) is 0 Å². The quantitative estimate of drug-likeness (QED) is 0.417. The second kappa shape index (κ2) is 10.0. The van der Waals surface area contributed by atoms with E-state index in [1.54, 1.807) is 31.2 Å². The molecule has 0 saturated carbocycles. The van der Waals surface area contributed by atoms with Crippen molar-refractivity contribution in [1.82, 2.24) is 9.29 Å². The van der Waals surface area contributed by atoms with Gasteiger partial charge in [-0.25, -0.2) is 21.6 Å². The molecule has 0 fully saturated rings. The summed E-state index contributed by atoms with van der Waals surface area (Å²) in [5.41, 5.74) is 0.982. The molecule has 3 rings (SSSR count). The van der Waals surface area contributed by atoms with Crippen molar-refractivity contribution in [3.8, 4) is 5.75 Å². The van der Waals surface area contributed by atoms with Crippen molar-refractivity contribution in [2.24, 2.45) is 0 Å². The highest BCUT2D eigenvalue weighted by Gasteiger charge is 2.38. The molecule has 0 bridgehead atoms. The molecule has 0 aliphatic carbocycles. The highest BCUT2D eigenvalue weighted by Crippen LogP contribution is 2.30. The van der Waals surface area contributed by atoms with Crippen LogP contribution in [0.15, 0.2) is 53.6 Å². The van der Waals surface area contributed by atoms with E-state index in [0.29, 0.717) is 35.4 Å². The third-order valence-electron chi connectivity index (χ3n) is 4.20. The Morgan fingerprint density at radius 2 is 1.84 bits per heavy atom. The van der Waals surface area contributed by atoms with Gasteiger partial charge in [-0.05, 0) is 49.9 Å². The van der Waals surface area contributed by atoms with E-state index in [0.717, 1.165) is 10.0 Å². The number of carboxylic acid groups (broad SMARTS) is 1.